The van der Waals surface area contributed by atoms with E-state index in [2.05, 4.69) is 22.9 Å². The van der Waals surface area contributed by atoms with Gasteiger partial charge in [-0.25, -0.2) is 4.39 Å². The van der Waals surface area contributed by atoms with E-state index in [1.165, 1.54) is 44.9 Å². The maximum atomic E-state index is 13.2. The average molecular weight is 301 g/mol. The molecule has 1 rings (SSSR count). The molecule has 0 nitrogen and oxygen atoms in total. The predicted octanol–water partition coefficient (Wildman–Crippen LogP) is 5.88. The molecule has 0 radical (unpaired) electrons. The molecule has 0 unspecified atom stereocenters. The first-order valence-corrected chi connectivity index (χ1v) is 7.47. The number of hydrogen-bond acceptors (Lipinski definition) is 0. The van der Waals surface area contributed by atoms with Crippen LogP contribution < -0.4 is 0 Å². The summed E-state index contributed by atoms with van der Waals surface area (Å²) in [5.74, 6) is -0.148. The van der Waals surface area contributed by atoms with Crippen molar-refractivity contribution in [2.24, 2.45) is 0 Å². The molecule has 1 aromatic rings. The van der Waals surface area contributed by atoms with Crippen molar-refractivity contribution in [3.63, 3.8) is 0 Å². The first-order chi connectivity index (χ1) is 8.24. The third-order valence-corrected chi connectivity index (χ3v) is 3.70. The Morgan fingerprint density at radius 2 is 1.65 bits per heavy atom. The summed E-state index contributed by atoms with van der Waals surface area (Å²) in [7, 11) is 0. The van der Waals surface area contributed by atoms with Crippen LogP contribution in [-0.2, 0) is 6.42 Å². The molecular weight excluding hydrogens is 279 g/mol. The van der Waals surface area contributed by atoms with Crippen LogP contribution in [0.3, 0.4) is 0 Å². The van der Waals surface area contributed by atoms with Gasteiger partial charge in [-0.3, -0.25) is 0 Å². The Hall–Kier alpha value is -0.370. The first kappa shape index (κ1) is 14.7. The van der Waals surface area contributed by atoms with E-state index in [0.29, 0.717) is 4.47 Å². The SMILES string of the molecule is CCCCCCCCCc1ccc(Br)c(F)c1. The van der Waals surface area contributed by atoms with Crippen LogP contribution in [0.15, 0.2) is 22.7 Å². The smallest absolute Gasteiger partial charge is 0.137 e. The highest BCUT2D eigenvalue weighted by Crippen LogP contribution is 2.18. The zero-order valence-electron chi connectivity index (χ0n) is 10.6. The van der Waals surface area contributed by atoms with Crippen molar-refractivity contribution >= 4 is 15.9 Å². The van der Waals surface area contributed by atoms with Gasteiger partial charge < -0.3 is 0 Å². The summed E-state index contributed by atoms with van der Waals surface area (Å²) < 4.78 is 13.8. The maximum absolute atomic E-state index is 13.2. The quantitative estimate of drug-likeness (QED) is 0.526. The van der Waals surface area contributed by atoms with Crippen LogP contribution >= 0.6 is 15.9 Å². The minimum atomic E-state index is -0.148. The van der Waals surface area contributed by atoms with Crippen LogP contribution in [-0.4, -0.2) is 0 Å². The van der Waals surface area contributed by atoms with Crippen LogP contribution in [0.2, 0.25) is 0 Å². The Bertz CT molecular complexity index is 323. The molecule has 96 valence electrons. The summed E-state index contributed by atoms with van der Waals surface area (Å²) >= 11 is 3.17. The van der Waals surface area contributed by atoms with E-state index in [1.54, 1.807) is 12.1 Å². The molecular formula is C15H22BrF. The number of unbranched alkanes of at least 4 members (excludes halogenated alkanes) is 6. The largest absolute Gasteiger partial charge is 0.206 e. The van der Waals surface area contributed by atoms with Crippen molar-refractivity contribution in [2.75, 3.05) is 0 Å². The van der Waals surface area contributed by atoms with Crippen LogP contribution in [0, 0.1) is 5.82 Å². The van der Waals surface area contributed by atoms with E-state index in [0.717, 1.165) is 12.0 Å². The molecule has 0 aliphatic heterocycles. The average Bonchev–Trinajstić information content (AvgIpc) is 2.32. The van der Waals surface area contributed by atoms with Crippen molar-refractivity contribution in [2.45, 2.75) is 58.3 Å². The molecule has 0 aliphatic rings. The highest BCUT2D eigenvalue weighted by molar-refractivity contribution is 9.10. The maximum Gasteiger partial charge on any atom is 0.137 e. The van der Waals surface area contributed by atoms with Crippen LogP contribution in [0.4, 0.5) is 4.39 Å². The molecule has 0 saturated heterocycles. The van der Waals surface area contributed by atoms with Gasteiger partial charge in [0.25, 0.3) is 0 Å². The molecule has 0 aromatic heterocycles. The molecule has 0 N–H and O–H groups in total. The number of halogens is 2. The van der Waals surface area contributed by atoms with Gasteiger partial charge >= 0.3 is 0 Å². The lowest BCUT2D eigenvalue weighted by atomic mass is 10.0. The molecule has 0 fully saturated rings. The van der Waals surface area contributed by atoms with Crippen molar-refractivity contribution in [1.82, 2.24) is 0 Å². The number of benzene rings is 1. The fourth-order valence-electron chi connectivity index (χ4n) is 1.98. The van der Waals surface area contributed by atoms with Gasteiger partial charge in [-0.1, -0.05) is 51.5 Å². The van der Waals surface area contributed by atoms with Crippen LogP contribution in [0.5, 0.6) is 0 Å². The molecule has 0 heterocycles. The second-order valence-corrected chi connectivity index (χ2v) is 5.47. The van der Waals surface area contributed by atoms with Gasteiger partial charge in [0.1, 0.15) is 5.82 Å². The zero-order chi connectivity index (χ0) is 12.5. The zero-order valence-corrected chi connectivity index (χ0v) is 12.2. The van der Waals surface area contributed by atoms with Gasteiger partial charge in [-0.05, 0) is 46.5 Å². The molecule has 0 saturated carbocycles. The fraction of sp³-hybridized carbons (Fsp3) is 0.600. The number of hydrogen-bond donors (Lipinski definition) is 0. The molecule has 17 heavy (non-hydrogen) atoms. The van der Waals surface area contributed by atoms with Crippen molar-refractivity contribution in [3.05, 3.63) is 34.1 Å². The topological polar surface area (TPSA) is 0 Å². The third-order valence-electron chi connectivity index (χ3n) is 3.05. The third kappa shape index (κ3) is 6.21. The van der Waals surface area contributed by atoms with Gasteiger partial charge in [0.15, 0.2) is 0 Å². The van der Waals surface area contributed by atoms with Gasteiger partial charge in [-0.2, -0.15) is 0 Å². The minimum Gasteiger partial charge on any atom is -0.206 e. The number of rotatable bonds is 8. The van der Waals surface area contributed by atoms with E-state index in [9.17, 15) is 4.39 Å². The lowest BCUT2D eigenvalue weighted by molar-refractivity contribution is 0.586. The Morgan fingerprint density at radius 1 is 1.00 bits per heavy atom. The van der Waals surface area contributed by atoms with Crippen LogP contribution in [0.25, 0.3) is 0 Å². The molecule has 0 spiro atoms. The van der Waals surface area contributed by atoms with E-state index >= 15 is 0 Å². The lowest BCUT2D eigenvalue weighted by Gasteiger charge is -2.03. The van der Waals surface area contributed by atoms with E-state index in [-0.39, 0.29) is 5.82 Å². The Kier molecular flexibility index (Phi) is 7.50. The number of aryl methyl sites for hydroxylation is 1. The van der Waals surface area contributed by atoms with E-state index in [4.69, 9.17) is 0 Å². The Balaban J connectivity index is 2.11. The Labute approximate surface area is 113 Å². The summed E-state index contributed by atoms with van der Waals surface area (Å²) in [6, 6.07) is 5.44. The van der Waals surface area contributed by atoms with Crippen molar-refractivity contribution in [1.29, 1.82) is 0 Å². The highest BCUT2D eigenvalue weighted by atomic mass is 79.9. The minimum absolute atomic E-state index is 0.148. The predicted molar refractivity (Wildman–Crippen MR) is 75.8 cm³/mol. The molecule has 0 bridgehead atoms. The first-order valence-electron chi connectivity index (χ1n) is 6.68. The highest BCUT2D eigenvalue weighted by Gasteiger charge is 2.00. The fourth-order valence-corrected chi connectivity index (χ4v) is 2.23. The van der Waals surface area contributed by atoms with Crippen molar-refractivity contribution < 1.29 is 4.39 Å². The second kappa shape index (κ2) is 8.68. The summed E-state index contributed by atoms with van der Waals surface area (Å²) in [5, 5.41) is 0. The Morgan fingerprint density at radius 3 is 2.29 bits per heavy atom. The van der Waals surface area contributed by atoms with Gasteiger partial charge in [0.05, 0.1) is 4.47 Å². The molecule has 1 aromatic carbocycles. The van der Waals surface area contributed by atoms with Gasteiger partial charge in [0.2, 0.25) is 0 Å². The normalized spacial score (nSPS) is 10.8. The second-order valence-electron chi connectivity index (χ2n) is 4.62. The monoisotopic (exact) mass is 300 g/mol. The van der Waals surface area contributed by atoms with E-state index < -0.39 is 0 Å². The molecule has 0 amide bonds. The lowest BCUT2D eigenvalue weighted by Crippen LogP contribution is -1.88. The summed E-state index contributed by atoms with van der Waals surface area (Å²) in [4.78, 5) is 0. The van der Waals surface area contributed by atoms with Gasteiger partial charge in [0, 0.05) is 0 Å². The summed E-state index contributed by atoms with van der Waals surface area (Å²) in [5.41, 5.74) is 1.11. The summed E-state index contributed by atoms with van der Waals surface area (Å²) in [6.07, 6.45) is 10.1. The van der Waals surface area contributed by atoms with E-state index in [1.807, 2.05) is 6.07 Å². The molecule has 2 heteroatoms. The van der Waals surface area contributed by atoms with Crippen LogP contribution in [0.1, 0.15) is 57.4 Å². The molecule has 0 atom stereocenters. The van der Waals surface area contributed by atoms with Gasteiger partial charge in [-0.15, -0.1) is 0 Å². The standard InChI is InChI=1S/C15H22BrF/c1-2-3-4-5-6-7-8-9-13-10-11-14(16)15(17)12-13/h10-12H,2-9H2,1H3. The van der Waals surface area contributed by atoms with Crippen molar-refractivity contribution in [3.8, 4) is 0 Å². The summed E-state index contributed by atoms with van der Waals surface area (Å²) in [6.45, 7) is 2.24. The molecule has 0 aliphatic carbocycles.